The van der Waals surface area contributed by atoms with Gasteiger partial charge in [0, 0.05) is 6.42 Å². The summed E-state index contributed by atoms with van der Waals surface area (Å²) in [7, 11) is 1.32. The van der Waals surface area contributed by atoms with Crippen LogP contribution in [0.5, 0.6) is 0 Å². The van der Waals surface area contributed by atoms with Crippen LogP contribution in [-0.2, 0) is 14.3 Å². The Bertz CT molecular complexity index is 434. The van der Waals surface area contributed by atoms with Crippen LogP contribution in [0.4, 0.5) is 0 Å². The van der Waals surface area contributed by atoms with Gasteiger partial charge >= 0.3 is 5.97 Å². The summed E-state index contributed by atoms with van der Waals surface area (Å²) in [6.45, 7) is 3.77. The topological polar surface area (TPSA) is 69.4 Å². The van der Waals surface area contributed by atoms with Crippen molar-refractivity contribution in [2.75, 3.05) is 7.11 Å². The molecule has 0 unspecified atom stereocenters. The van der Waals surface area contributed by atoms with Gasteiger partial charge in [-0.1, -0.05) is 44.2 Å². The van der Waals surface area contributed by atoms with Gasteiger partial charge in [0.2, 0.25) is 0 Å². The van der Waals surface area contributed by atoms with E-state index >= 15 is 0 Å². The second kappa shape index (κ2) is 8.72. The molecular formula is C15H22ClNO3. The normalized spacial score (nSPS) is 13.2. The number of rotatable bonds is 6. The lowest BCUT2D eigenvalue weighted by Crippen LogP contribution is -2.37. The molecule has 0 amide bonds. The summed E-state index contributed by atoms with van der Waals surface area (Å²) in [5, 5.41) is 0. The number of hydrogen-bond acceptors (Lipinski definition) is 4. The molecule has 4 nitrogen and oxygen atoms in total. The Hall–Kier alpha value is -1.39. The monoisotopic (exact) mass is 299 g/mol. The number of esters is 1. The Kier molecular flexibility index (Phi) is 8.11. The Morgan fingerprint density at radius 3 is 2.20 bits per heavy atom. The summed E-state index contributed by atoms with van der Waals surface area (Å²) in [5.41, 5.74) is 6.60. The molecule has 2 N–H and O–H groups in total. The zero-order chi connectivity index (χ0) is 14.4. The van der Waals surface area contributed by atoms with Gasteiger partial charge in [-0.15, -0.1) is 12.4 Å². The first-order valence-electron chi connectivity index (χ1n) is 6.38. The standard InChI is InChI=1S/C15H21NO3.ClH/c1-10(2)14(16)13(17)9-12(15(18)19-3)11-7-5-4-6-8-11;/h4-8,10,12,14H,9,16H2,1-3H3;1H/t12-,14+;/m0./s1. The van der Waals surface area contributed by atoms with Crippen molar-refractivity contribution in [3.8, 4) is 0 Å². The molecule has 112 valence electrons. The smallest absolute Gasteiger partial charge is 0.313 e. The van der Waals surface area contributed by atoms with E-state index in [-0.39, 0.29) is 30.5 Å². The molecule has 0 radical (unpaired) electrons. The van der Waals surface area contributed by atoms with Crippen LogP contribution in [0, 0.1) is 5.92 Å². The van der Waals surface area contributed by atoms with E-state index in [4.69, 9.17) is 10.5 Å². The van der Waals surface area contributed by atoms with Crippen LogP contribution in [0.1, 0.15) is 31.7 Å². The Morgan fingerprint density at radius 1 is 1.20 bits per heavy atom. The Balaban J connectivity index is 0.00000361. The summed E-state index contributed by atoms with van der Waals surface area (Å²) >= 11 is 0. The third-order valence-corrected chi connectivity index (χ3v) is 3.18. The van der Waals surface area contributed by atoms with Gasteiger partial charge in [-0.2, -0.15) is 0 Å². The highest BCUT2D eigenvalue weighted by Gasteiger charge is 2.27. The first kappa shape index (κ1) is 18.6. The van der Waals surface area contributed by atoms with Crippen LogP contribution in [0.15, 0.2) is 30.3 Å². The van der Waals surface area contributed by atoms with Gasteiger partial charge in [0.25, 0.3) is 0 Å². The van der Waals surface area contributed by atoms with Gasteiger partial charge in [0.1, 0.15) is 0 Å². The van der Waals surface area contributed by atoms with Crippen molar-refractivity contribution < 1.29 is 14.3 Å². The van der Waals surface area contributed by atoms with E-state index in [1.54, 1.807) is 0 Å². The summed E-state index contributed by atoms with van der Waals surface area (Å²) in [6.07, 6.45) is 0.0794. The molecule has 0 heterocycles. The van der Waals surface area contributed by atoms with Crippen molar-refractivity contribution in [1.82, 2.24) is 0 Å². The van der Waals surface area contributed by atoms with E-state index in [9.17, 15) is 9.59 Å². The number of methoxy groups -OCH3 is 1. The van der Waals surface area contributed by atoms with E-state index in [1.165, 1.54) is 7.11 Å². The minimum absolute atomic E-state index is 0. The molecule has 1 aromatic carbocycles. The number of hydrogen-bond donors (Lipinski definition) is 1. The van der Waals surface area contributed by atoms with Gasteiger partial charge in [0.15, 0.2) is 5.78 Å². The van der Waals surface area contributed by atoms with Crippen molar-refractivity contribution in [2.24, 2.45) is 11.7 Å². The lowest BCUT2D eigenvalue weighted by Gasteiger charge is -2.19. The fourth-order valence-corrected chi connectivity index (χ4v) is 1.87. The van der Waals surface area contributed by atoms with Crippen LogP contribution in [0.3, 0.4) is 0 Å². The molecule has 1 rings (SSSR count). The molecule has 0 aliphatic carbocycles. The average molecular weight is 300 g/mol. The maximum atomic E-state index is 12.1. The average Bonchev–Trinajstić information content (AvgIpc) is 2.43. The number of carbonyl (C=O) groups is 2. The van der Waals surface area contributed by atoms with E-state index in [0.29, 0.717) is 0 Å². The number of carbonyl (C=O) groups excluding carboxylic acids is 2. The van der Waals surface area contributed by atoms with E-state index in [2.05, 4.69) is 0 Å². The molecule has 20 heavy (non-hydrogen) atoms. The van der Waals surface area contributed by atoms with Crippen LogP contribution < -0.4 is 5.73 Å². The predicted molar refractivity (Wildman–Crippen MR) is 80.9 cm³/mol. The van der Waals surface area contributed by atoms with Gasteiger partial charge in [0.05, 0.1) is 19.1 Å². The zero-order valence-corrected chi connectivity index (χ0v) is 12.9. The molecular weight excluding hydrogens is 278 g/mol. The largest absolute Gasteiger partial charge is 0.469 e. The van der Waals surface area contributed by atoms with Crippen LogP contribution >= 0.6 is 12.4 Å². The molecule has 2 atom stereocenters. The zero-order valence-electron chi connectivity index (χ0n) is 12.0. The second-order valence-electron chi connectivity index (χ2n) is 4.93. The maximum absolute atomic E-state index is 12.1. The number of ketones is 1. The highest BCUT2D eigenvalue weighted by atomic mass is 35.5. The van der Waals surface area contributed by atoms with Crippen molar-refractivity contribution in [2.45, 2.75) is 32.2 Å². The molecule has 5 heteroatoms. The molecule has 0 aliphatic heterocycles. The van der Waals surface area contributed by atoms with Crippen molar-refractivity contribution in [3.05, 3.63) is 35.9 Å². The molecule has 0 fully saturated rings. The highest BCUT2D eigenvalue weighted by Crippen LogP contribution is 2.22. The lowest BCUT2D eigenvalue weighted by molar-refractivity contribution is -0.144. The molecule has 0 saturated heterocycles. The van der Waals surface area contributed by atoms with Gasteiger partial charge in [-0.25, -0.2) is 0 Å². The number of nitrogens with two attached hydrogens (primary N) is 1. The summed E-state index contributed by atoms with van der Waals surface area (Å²) in [6, 6.07) is 8.61. The van der Waals surface area contributed by atoms with E-state index < -0.39 is 17.9 Å². The number of ether oxygens (including phenoxy) is 1. The summed E-state index contributed by atoms with van der Waals surface area (Å²) in [5.74, 6) is -1.05. The van der Waals surface area contributed by atoms with Crippen molar-refractivity contribution in [3.63, 3.8) is 0 Å². The second-order valence-corrected chi connectivity index (χ2v) is 4.93. The third-order valence-electron chi connectivity index (χ3n) is 3.18. The summed E-state index contributed by atoms with van der Waals surface area (Å²) in [4.78, 5) is 23.9. The van der Waals surface area contributed by atoms with E-state index in [0.717, 1.165) is 5.56 Å². The third kappa shape index (κ3) is 4.94. The van der Waals surface area contributed by atoms with Gasteiger partial charge < -0.3 is 10.5 Å². The number of halogens is 1. The van der Waals surface area contributed by atoms with E-state index in [1.807, 2.05) is 44.2 Å². The maximum Gasteiger partial charge on any atom is 0.313 e. The first-order chi connectivity index (χ1) is 8.97. The van der Waals surface area contributed by atoms with Crippen LogP contribution in [-0.4, -0.2) is 24.9 Å². The quantitative estimate of drug-likeness (QED) is 0.818. The number of Topliss-reactive ketones (excluding diaryl/α,β-unsaturated/α-hetero) is 1. The van der Waals surface area contributed by atoms with Gasteiger partial charge in [-0.05, 0) is 11.5 Å². The molecule has 0 aliphatic rings. The highest BCUT2D eigenvalue weighted by molar-refractivity contribution is 5.90. The molecule has 1 aromatic rings. The minimum atomic E-state index is -0.580. The minimum Gasteiger partial charge on any atom is -0.469 e. The Morgan fingerprint density at radius 2 is 1.75 bits per heavy atom. The van der Waals surface area contributed by atoms with Crippen LogP contribution in [0.2, 0.25) is 0 Å². The fourth-order valence-electron chi connectivity index (χ4n) is 1.87. The Labute approximate surface area is 126 Å². The SMILES string of the molecule is COC(=O)[C@@H](CC(=O)[C@H](N)C(C)C)c1ccccc1.Cl. The molecule has 0 saturated carbocycles. The molecule has 0 bridgehead atoms. The predicted octanol–water partition coefficient (Wildman–Crippen LogP) is 2.31. The van der Waals surface area contributed by atoms with Gasteiger partial charge in [-0.3, -0.25) is 9.59 Å². The van der Waals surface area contributed by atoms with Crippen LogP contribution in [0.25, 0.3) is 0 Å². The first-order valence-corrected chi connectivity index (χ1v) is 6.38. The summed E-state index contributed by atoms with van der Waals surface area (Å²) < 4.78 is 4.78. The fraction of sp³-hybridized carbons (Fsp3) is 0.467. The molecule has 0 aromatic heterocycles. The van der Waals surface area contributed by atoms with Crippen molar-refractivity contribution >= 4 is 24.2 Å². The van der Waals surface area contributed by atoms with Crippen molar-refractivity contribution in [1.29, 1.82) is 0 Å². The lowest BCUT2D eigenvalue weighted by atomic mass is 9.89. The number of benzene rings is 1. The molecule has 0 spiro atoms.